The number of hydrogen-bond acceptors (Lipinski definition) is 4. The lowest BCUT2D eigenvalue weighted by molar-refractivity contribution is 0.0743. The van der Waals surface area contributed by atoms with E-state index in [2.05, 4.69) is 10.3 Å². The zero-order chi connectivity index (χ0) is 17.1. The van der Waals surface area contributed by atoms with Gasteiger partial charge in [-0.05, 0) is 31.2 Å². The SMILES string of the molecule is CN(C(=O)c1ccc(-c2cccc(Cl)c2CO)nc1)C1CCNC1. The van der Waals surface area contributed by atoms with Crippen molar-refractivity contribution in [2.75, 3.05) is 20.1 Å². The Morgan fingerprint density at radius 2 is 2.25 bits per heavy atom. The summed E-state index contributed by atoms with van der Waals surface area (Å²) in [7, 11) is 1.83. The molecule has 1 aromatic carbocycles. The van der Waals surface area contributed by atoms with Crippen molar-refractivity contribution in [1.29, 1.82) is 0 Å². The Balaban J connectivity index is 1.83. The van der Waals surface area contributed by atoms with Crippen molar-refractivity contribution >= 4 is 17.5 Å². The molecule has 1 aliphatic heterocycles. The van der Waals surface area contributed by atoms with Crippen LogP contribution >= 0.6 is 11.6 Å². The maximum absolute atomic E-state index is 12.6. The summed E-state index contributed by atoms with van der Waals surface area (Å²) in [6, 6.07) is 9.20. The molecule has 1 unspecified atom stereocenters. The van der Waals surface area contributed by atoms with Crippen molar-refractivity contribution in [3.8, 4) is 11.3 Å². The van der Waals surface area contributed by atoms with Gasteiger partial charge in [0.15, 0.2) is 0 Å². The Morgan fingerprint density at radius 3 is 2.88 bits per heavy atom. The summed E-state index contributed by atoms with van der Waals surface area (Å²) >= 11 is 6.12. The van der Waals surface area contributed by atoms with E-state index in [1.807, 2.05) is 19.2 Å². The van der Waals surface area contributed by atoms with Crippen LogP contribution < -0.4 is 5.32 Å². The zero-order valence-electron chi connectivity index (χ0n) is 13.5. The molecule has 1 aromatic heterocycles. The van der Waals surface area contributed by atoms with E-state index in [0.717, 1.165) is 25.1 Å². The fourth-order valence-electron chi connectivity index (χ4n) is 2.98. The summed E-state index contributed by atoms with van der Waals surface area (Å²) in [6.45, 7) is 1.61. The number of carbonyl (C=O) groups excluding carboxylic acids is 1. The van der Waals surface area contributed by atoms with Crippen LogP contribution in [0.5, 0.6) is 0 Å². The van der Waals surface area contributed by atoms with Gasteiger partial charge in [0.1, 0.15) is 0 Å². The van der Waals surface area contributed by atoms with E-state index in [1.165, 1.54) is 0 Å². The topological polar surface area (TPSA) is 65.5 Å². The highest BCUT2D eigenvalue weighted by Gasteiger charge is 2.24. The Hall–Kier alpha value is -1.95. The summed E-state index contributed by atoms with van der Waals surface area (Å²) in [4.78, 5) is 18.7. The number of nitrogens with one attached hydrogen (secondary N) is 1. The first-order chi connectivity index (χ1) is 11.6. The molecule has 2 N–H and O–H groups in total. The van der Waals surface area contributed by atoms with Crippen molar-refractivity contribution in [2.45, 2.75) is 19.1 Å². The number of amides is 1. The van der Waals surface area contributed by atoms with E-state index in [9.17, 15) is 9.90 Å². The van der Waals surface area contributed by atoms with E-state index in [0.29, 0.717) is 21.8 Å². The van der Waals surface area contributed by atoms with Gasteiger partial charge in [-0.25, -0.2) is 0 Å². The first-order valence-electron chi connectivity index (χ1n) is 7.94. The summed E-state index contributed by atoms with van der Waals surface area (Å²) < 4.78 is 0. The summed E-state index contributed by atoms with van der Waals surface area (Å²) in [5, 5.41) is 13.3. The number of nitrogens with zero attached hydrogens (tertiary/aromatic N) is 2. The van der Waals surface area contributed by atoms with E-state index >= 15 is 0 Å². The van der Waals surface area contributed by atoms with Crippen molar-refractivity contribution in [3.63, 3.8) is 0 Å². The lowest BCUT2D eigenvalue weighted by atomic mass is 10.0. The Kier molecular flexibility index (Phi) is 5.14. The molecule has 1 aliphatic rings. The molecule has 1 saturated heterocycles. The minimum atomic E-state index is -0.158. The van der Waals surface area contributed by atoms with E-state index in [-0.39, 0.29) is 18.6 Å². The smallest absolute Gasteiger partial charge is 0.255 e. The van der Waals surface area contributed by atoms with Crippen LogP contribution in [0.2, 0.25) is 5.02 Å². The average molecular weight is 346 g/mol. The van der Waals surface area contributed by atoms with E-state index in [4.69, 9.17) is 11.6 Å². The molecule has 3 rings (SSSR count). The van der Waals surface area contributed by atoms with Crippen molar-refractivity contribution < 1.29 is 9.90 Å². The van der Waals surface area contributed by atoms with Crippen molar-refractivity contribution in [2.24, 2.45) is 0 Å². The number of benzene rings is 1. The molecule has 0 spiro atoms. The summed E-state index contributed by atoms with van der Waals surface area (Å²) in [6.07, 6.45) is 2.55. The van der Waals surface area contributed by atoms with Crippen molar-refractivity contribution in [1.82, 2.24) is 15.2 Å². The lowest BCUT2D eigenvalue weighted by Crippen LogP contribution is -2.38. The van der Waals surface area contributed by atoms with Crippen LogP contribution in [0, 0.1) is 0 Å². The third-order valence-electron chi connectivity index (χ3n) is 4.47. The van der Waals surface area contributed by atoms with Crippen LogP contribution in [0.1, 0.15) is 22.3 Å². The molecule has 2 aromatic rings. The van der Waals surface area contributed by atoms with Gasteiger partial charge < -0.3 is 15.3 Å². The maximum atomic E-state index is 12.6. The lowest BCUT2D eigenvalue weighted by Gasteiger charge is -2.23. The molecule has 0 bridgehead atoms. The highest BCUT2D eigenvalue weighted by molar-refractivity contribution is 6.31. The molecule has 1 fully saturated rings. The Labute approximate surface area is 146 Å². The average Bonchev–Trinajstić information content (AvgIpc) is 3.15. The Bertz CT molecular complexity index is 728. The van der Waals surface area contributed by atoms with Gasteiger partial charge >= 0.3 is 0 Å². The van der Waals surface area contributed by atoms with Gasteiger partial charge in [-0.2, -0.15) is 0 Å². The normalized spacial score (nSPS) is 17.0. The maximum Gasteiger partial charge on any atom is 0.255 e. The molecule has 1 atom stereocenters. The molecule has 0 saturated carbocycles. The van der Waals surface area contributed by atoms with Gasteiger partial charge in [0, 0.05) is 42.0 Å². The van der Waals surface area contributed by atoms with E-state index < -0.39 is 0 Å². The van der Waals surface area contributed by atoms with Gasteiger partial charge in [-0.1, -0.05) is 23.7 Å². The largest absolute Gasteiger partial charge is 0.392 e. The number of carbonyl (C=O) groups is 1. The third kappa shape index (κ3) is 3.29. The monoisotopic (exact) mass is 345 g/mol. The third-order valence-corrected chi connectivity index (χ3v) is 4.82. The van der Waals surface area contributed by atoms with Crippen LogP contribution in [0.3, 0.4) is 0 Å². The number of hydrogen-bond donors (Lipinski definition) is 2. The van der Waals surface area contributed by atoms with Crippen LogP contribution in [0.4, 0.5) is 0 Å². The minimum Gasteiger partial charge on any atom is -0.392 e. The molecule has 0 radical (unpaired) electrons. The number of likely N-dealkylation sites (N-methyl/N-ethyl adjacent to an activating group) is 1. The quantitative estimate of drug-likeness (QED) is 0.892. The summed E-state index contributed by atoms with van der Waals surface area (Å²) in [5.41, 5.74) is 2.65. The van der Waals surface area contributed by atoms with Crippen LogP contribution in [-0.2, 0) is 6.61 Å². The predicted octanol–water partition coefficient (Wildman–Crippen LogP) is 2.33. The molecule has 0 aliphatic carbocycles. The van der Waals surface area contributed by atoms with Gasteiger partial charge in [0.2, 0.25) is 0 Å². The highest BCUT2D eigenvalue weighted by Crippen LogP contribution is 2.28. The molecule has 126 valence electrons. The van der Waals surface area contributed by atoms with Gasteiger partial charge in [-0.3, -0.25) is 9.78 Å². The van der Waals surface area contributed by atoms with Crippen LogP contribution in [0.15, 0.2) is 36.5 Å². The highest BCUT2D eigenvalue weighted by atomic mass is 35.5. The predicted molar refractivity (Wildman–Crippen MR) is 94.0 cm³/mol. The Morgan fingerprint density at radius 1 is 1.42 bits per heavy atom. The number of aliphatic hydroxyl groups is 1. The molecule has 5 nitrogen and oxygen atoms in total. The van der Waals surface area contributed by atoms with Crippen LogP contribution in [-0.4, -0.2) is 47.1 Å². The first-order valence-corrected chi connectivity index (χ1v) is 8.32. The van der Waals surface area contributed by atoms with Crippen molar-refractivity contribution in [3.05, 3.63) is 52.7 Å². The zero-order valence-corrected chi connectivity index (χ0v) is 14.3. The van der Waals surface area contributed by atoms with Gasteiger partial charge in [-0.15, -0.1) is 0 Å². The number of halogens is 1. The number of aromatic nitrogens is 1. The number of aliphatic hydroxyl groups excluding tert-OH is 1. The molecular formula is C18H20ClN3O2. The second-order valence-corrected chi connectivity index (χ2v) is 6.33. The van der Waals surface area contributed by atoms with Crippen LogP contribution in [0.25, 0.3) is 11.3 Å². The molecule has 6 heteroatoms. The second kappa shape index (κ2) is 7.30. The van der Waals surface area contributed by atoms with E-state index in [1.54, 1.807) is 29.3 Å². The minimum absolute atomic E-state index is 0.0313. The summed E-state index contributed by atoms with van der Waals surface area (Å²) in [5.74, 6) is -0.0313. The first kappa shape index (κ1) is 16.9. The molecule has 24 heavy (non-hydrogen) atoms. The standard InChI is InChI=1S/C18H20ClN3O2/c1-22(13-7-8-20-10-13)18(24)12-5-6-17(21-9-12)14-3-2-4-16(19)15(14)11-23/h2-6,9,13,20,23H,7-8,10-11H2,1H3. The molecular weight excluding hydrogens is 326 g/mol. The molecule has 2 heterocycles. The molecule has 1 amide bonds. The number of pyridine rings is 1. The second-order valence-electron chi connectivity index (χ2n) is 5.92. The fraction of sp³-hybridized carbons (Fsp3) is 0.333. The van der Waals surface area contributed by atoms with Gasteiger partial charge in [0.05, 0.1) is 17.9 Å². The number of rotatable bonds is 4. The van der Waals surface area contributed by atoms with Gasteiger partial charge in [0.25, 0.3) is 5.91 Å². The fourth-order valence-corrected chi connectivity index (χ4v) is 3.21.